The summed E-state index contributed by atoms with van der Waals surface area (Å²) >= 11 is 0. The smallest absolute Gasteiger partial charge is 0.380 e. The Balaban J connectivity index is 1.29. The lowest BCUT2D eigenvalue weighted by Gasteiger charge is -2.62. The van der Waals surface area contributed by atoms with E-state index in [-0.39, 0.29) is 35.5 Å². The van der Waals surface area contributed by atoms with Crippen molar-refractivity contribution in [1.29, 1.82) is 0 Å². The summed E-state index contributed by atoms with van der Waals surface area (Å²) in [6.45, 7) is 4.86. The summed E-state index contributed by atoms with van der Waals surface area (Å²) < 4.78 is 40.7. The van der Waals surface area contributed by atoms with E-state index in [2.05, 4.69) is 19.2 Å². The molecule has 2 N–H and O–H groups in total. The van der Waals surface area contributed by atoms with Crippen molar-refractivity contribution in [3.63, 3.8) is 0 Å². The Hall–Kier alpha value is -1.56. The van der Waals surface area contributed by atoms with Gasteiger partial charge in [0.15, 0.2) is 11.4 Å². The van der Waals surface area contributed by atoms with Crippen molar-refractivity contribution in [2.45, 2.75) is 83.4 Å². The Kier molecular flexibility index (Phi) is 5.86. The highest BCUT2D eigenvalue weighted by Crippen LogP contribution is 2.68. The van der Waals surface area contributed by atoms with Gasteiger partial charge in [-0.2, -0.15) is 13.2 Å². The van der Waals surface area contributed by atoms with Crippen LogP contribution in [-0.2, 0) is 4.79 Å². The summed E-state index contributed by atoms with van der Waals surface area (Å²) in [7, 11) is 0. The van der Waals surface area contributed by atoms with E-state index in [1.54, 1.807) is 0 Å². The number of nitrogens with one attached hydrogen (secondary N) is 1. The van der Waals surface area contributed by atoms with Gasteiger partial charge in [0, 0.05) is 11.6 Å². The molecule has 188 valence electrons. The SMILES string of the molecule is C[C@]12CC[C@](O)(C(F)(F)F)C[C@@H]1CC[C@@H]1[C@@H]2CC[C@]2(C)[C@@H](C(=O)CNc3ccccc3)CC[C@@H]12. The Bertz CT molecular complexity index is 920. The minimum Gasteiger partial charge on any atom is -0.380 e. The molecule has 6 heteroatoms. The molecule has 8 atom stereocenters. The standard InChI is InChI=1S/C28H38F3NO2/c1-25-14-15-27(34,28(29,30)31)16-18(25)8-9-20-21-10-11-23(26(21,2)13-12-22(20)25)24(33)17-32-19-6-4-3-5-7-19/h3-7,18,20-23,32,34H,8-17H2,1-2H3/t18-,20-,21-,22-,23+,25-,26-,27+/m0/s1. The van der Waals surface area contributed by atoms with Gasteiger partial charge in [0.25, 0.3) is 0 Å². The highest BCUT2D eigenvalue weighted by molar-refractivity contribution is 5.86. The number of carbonyl (C=O) groups excluding carboxylic acids is 1. The van der Waals surface area contributed by atoms with E-state index in [1.165, 1.54) is 0 Å². The largest absolute Gasteiger partial charge is 0.417 e. The van der Waals surface area contributed by atoms with Crippen molar-refractivity contribution in [2.24, 2.45) is 40.4 Å². The van der Waals surface area contributed by atoms with Crippen LogP contribution < -0.4 is 5.32 Å². The lowest BCUT2D eigenvalue weighted by molar-refractivity contribution is -0.290. The highest BCUT2D eigenvalue weighted by Gasteiger charge is 2.65. The van der Waals surface area contributed by atoms with Crippen molar-refractivity contribution in [2.75, 3.05) is 11.9 Å². The molecular formula is C28H38F3NO2. The van der Waals surface area contributed by atoms with Crippen LogP contribution in [0.1, 0.15) is 71.6 Å². The first-order valence-electron chi connectivity index (χ1n) is 13.1. The maximum atomic E-state index is 13.6. The number of anilines is 1. The van der Waals surface area contributed by atoms with Gasteiger partial charge in [-0.1, -0.05) is 32.0 Å². The molecule has 34 heavy (non-hydrogen) atoms. The molecule has 0 saturated heterocycles. The number of hydrogen-bond donors (Lipinski definition) is 2. The molecule has 4 saturated carbocycles. The predicted molar refractivity (Wildman–Crippen MR) is 126 cm³/mol. The molecule has 0 amide bonds. The zero-order chi connectivity index (χ0) is 24.4. The number of rotatable bonds is 4. The molecule has 0 unspecified atom stereocenters. The van der Waals surface area contributed by atoms with Gasteiger partial charge in [-0.3, -0.25) is 4.79 Å². The number of benzene rings is 1. The molecule has 5 rings (SSSR count). The summed E-state index contributed by atoms with van der Waals surface area (Å²) in [5.41, 5.74) is -1.72. The van der Waals surface area contributed by atoms with Gasteiger partial charge in [0.1, 0.15) is 0 Å². The van der Waals surface area contributed by atoms with Gasteiger partial charge in [-0.15, -0.1) is 0 Å². The van der Waals surface area contributed by atoms with Crippen molar-refractivity contribution in [3.8, 4) is 0 Å². The van der Waals surface area contributed by atoms with Crippen LogP contribution in [0.2, 0.25) is 0 Å². The number of carbonyl (C=O) groups is 1. The van der Waals surface area contributed by atoms with Crippen molar-refractivity contribution in [3.05, 3.63) is 30.3 Å². The number of Topliss-reactive ketones (excluding diaryl/α,β-unsaturated/α-hetero) is 1. The van der Waals surface area contributed by atoms with Gasteiger partial charge in [-0.05, 0) is 104 Å². The lowest BCUT2D eigenvalue weighted by Crippen LogP contribution is -2.59. The minimum atomic E-state index is -4.55. The molecule has 1 aromatic rings. The van der Waals surface area contributed by atoms with Gasteiger partial charge in [0.05, 0.1) is 6.54 Å². The second kappa shape index (κ2) is 8.25. The number of para-hydroxylation sites is 1. The molecule has 1 aromatic carbocycles. The van der Waals surface area contributed by atoms with Crippen LogP contribution in [0, 0.1) is 40.4 Å². The third-order valence-corrected chi connectivity index (χ3v) is 10.9. The quantitative estimate of drug-likeness (QED) is 0.512. The van der Waals surface area contributed by atoms with E-state index in [4.69, 9.17) is 0 Å². The summed E-state index contributed by atoms with van der Waals surface area (Å²) in [4.78, 5) is 13.3. The highest BCUT2D eigenvalue weighted by atomic mass is 19.4. The second-order valence-corrected chi connectivity index (χ2v) is 12.3. The number of alkyl halides is 3. The number of halogens is 3. The molecule has 0 spiro atoms. The molecule has 3 nitrogen and oxygen atoms in total. The van der Waals surface area contributed by atoms with Crippen molar-refractivity contribution in [1.82, 2.24) is 0 Å². The minimum absolute atomic E-state index is 0.0127. The molecule has 0 aliphatic heterocycles. The van der Waals surface area contributed by atoms with E-state index in [0.717, 1.165) is 44.2 Å². The number of hydrogen-bond acceptors (Lipinski definition) is 3. The number of ketones is 1. The topological polar surface area (TPSA) is 49.3 Å². The van der Waals surface area contributed by atoms with Gasteiger partial charge in [-0.25, -0.2) is 0 Å². The van der Waals surface area contributed by atoms with E-state index >= 15 is 0 Å². The molecule has 0 aromatic heterocycles. The fourth-order valence-electron chi connectivity index (χ4n) is 8.90. The molecule has 4 aliphatic rings. The van der Waals surface area contributed by atoms with Crippen LogP contribution in [0.25, 0.3) is 0 Å². The fourth-order valence-corrected chi connectivity index (χ4v) is 8.90. The first-order chi connectivity index (χ1) is 16.0. The Morgan fingerprint density at radius 3 is 2.38 bits per heavy atom. The monoisotopic (exact) mass is 477 g/mol. The molecule has 4 fully saturated rings. The molecular weight excluding hydrogens is 439 g/mol. The Morgan fingerprint density at radius 2 is 1.68 bits per heavy atom. The third kappa shape index (κ3) is 3.70. The Labute approximate surface area is 200 Å². The van der Waals surface area contributed by atoms with Crippen LogP contribution in [-0.4, -0.2) is 29.2 Å². The zero-order valence-corrected chi connectivity index (χ0v) is 20.3. The molecule has 0 heterocycles. The lowest BCUT2D eigenvalue weighted by atomic mass is 9.43. The Morgan fingerprint density at radius 1 is 0.971 bits per heavy atom. The summed E-state index contributed by atoms with van der Waals surface area (Å²) in [5.74, 6) is 1.63. The molecule has 0 radical (unpaired) electrons. The zero-order valence-electron chi connectivity index (χ0n) is 20.3. The van der Waals surface area contributed by atoms with Crippen molar-refractivity contribution < 1.29 is 23.1 Å². The van der Waals surface area contributed by atoms with Crippen LogP contribution in [0.3, 0.4) is 0 Å². The summed E-state index contributed by atoms with van der Waals surface area (Å²) in [6.07, 6.45) is 1.20. The molecule has 0 bridgehead atoms. The van der Waals surface area contributed by atoms with Crippen LogP contribution in [0.15, 0.2) is 30.3 Å². The van der Waals surface area contributed by atoms with Gasteiger partial charge < -0.3 is 10.4 Å². The van der Waals surface area contributed by atoms with Crippen LogP contribution >= 0.6 is 0 Å². The first-order valence-corrected chi connectivity index (χ1v) is 13.1. The predicted octanol–water partition coefficient (Wildman–Crippen LogP) is 6.62. The van der Waals surface area contributed by atoms with Crippen LogP contribution in [0.4, 0.5) is 18.9 Å². The van der Waals surface area contributed by atoms with Crippen LogP contribution in [0.5, 0.6) is 0 Å². The summed E-state index contributed by atoms with van der Waals surface area (Å²) in [5, 5.41) is 13.7. The maximum absolute atomic E-state index is 13.6. The van der Waals surface area contributed by atoms with E-state index < -0.39 is 11.8 Å². The average molecular weight is 478 g/mol. The normalized spacial score (nSPS) is 44.0. The summed E-state index contributed by atoms with van der Waals surface area (Å²) in [6, 6.07) is 9.82. The van der Waals surface area contributed by atoms with Gasteiger partial charge in [0.2, 0.25) is 0 Å². The maximum Gasteiger partial charge on any atom is 0.417 e. The molecule has 4 aliphatic carbocycles. The van der Waals surface area contributed by atoms with Gasteiger partial charge >= 0.3 is 6.18 Å². The number of aliphatic hydroxyl groups is 1. The third-order valence-electron chi connectivity index (χ3n) is 10.9. The average Bonchev–Trinajstić information content (AvgIpc) is 3.15. The number of fused-ring (bicyclic) bond motifs is 5. The van der Waals surface area contributed by atoms with E-state index in [9.17, 15) is 23.1 Å². The van der Waals surface area contributed by atoms with E-state index in [0.29, 0.717) is 36.5 Å². The second-order valence-electron chi connectivity index (χ2n) is 12.3. The van der Waals surface area contributed by atoms with E-state index in [1.807, 2.05) is 30.3 Å². The fraction of sp³-hybridized carbons (Fsp3) is 0.750. The van der Waals surface area contributed by atoms with Crippen molar-refractivity contribution >= 4 is 11.5 Å². The first kappa shape index (κ1) is 24.1.